The molecule has 0 aromatic carbocycles. The molecule has 0 bridgehead atoms. The van der Waals surface area contributed by atoms with Crippen LogP contribution in [0.2, 0.25) is 0 Å². The highest BCUT2D eigenvalue weighted by Crippen LogP contribution is 2.30. The minimum Gasteiger partial charge on any atom is -0.313 e. The van der Waals surface area contributed by atoms with Crippen molar-refractivity contribution in [1.29, 1.82) is 0 Å². The first-order valence-electron chi connectivity index (χ1n) is 8.23. The van der Waals surface area contributed by atoms with Gasteiger partial charge in [-0.1, -0.05) is 0 Å². The van der Waals surface area contributed by atoms with E-state index in [0.29, 0.717) is 6.04 Å². The summed E-state index contributed by atoms with van der Waals surface area (Å²) in [5.41, 5.74) is 2.52. The van der Waals surface area contributed by atoms with Gasteiger partial charge in [0.2, 0.25) is 0 Å². The fraction of sp³-hybridized carbons (Fsp3) is 0.812. The normalized spacial score (nSPS) is 22.9. The summed E-state index contributed by atoms with van der Waals surface area (Å²) < 4.78 is 2.16. The molecule has 2 heterocycles. The van der Waals surface area contributed by atoms with E-state index in [1.807, 2.05) is 0 Å². The Morgan fingerprint density at radius 3 is 2.85 bits per heavy atom. The molecule has 0 spiro atoms. The van der Waals surface area contributed by atoms with Gasteiger partial charge in [-0.3, -0.25) is 9.58 Å². The second kappa shape index (κ2) is 6.27. The molecule has 1 N–H and O–H groups in total. The monoisotopic (exact) mass is 276 g/mol. The molecule has 1 unspecified atom stereocenters. The number of nitrogens with one attached hydrogen (secondary N) is 1. The molecule has 2 fully saturated rings. The Bertz CT molecular complexity index is 430. The molecule has 0 amide bonds. The van der Waals surface area contributed by atoms with Gasteiger partial charge in [-0.05, 0) is 58.1 Å². The van der Waals surface area contributed by atoms with Gasteiger partial charge in [0.05, 0.1) is 11.4 Å². The quantitative estimate of drug-likeness (QED) is 0.828. The topological polar surface area (TPSA) is 33.1 Å². The van der Waals surface area contributed by atoms with E-state index in [-0.39, 0.29) is 0 Å². The van der Waals surface area contributed by atoms with Crippen LogP contribution in [0.3, 0.4) is 0 Å². The summed E-state index contributed by atoms with van der Waals surface area (Å²) in [6, 6.07) is 2.96. The largest absolute Gasteiger partial charge is 0.313 e. The van der Waals surface area contributed by atoms with Gasteiger partial charge in [-0.2, -0.15) is 5.10 Å². The van der Waals surface area contributed by atoms with E-state index < -0.39 is 0 Å². The van der Waals surface area contributed by atoms with Gasteiger partial charge < -0.3 is 5.32 Å². The Kier molecular flexibility index (Phi) is 4.41. The van der Waals surface area contributed by atoms with Gasteiger partial charge in [-0.15, -0.1) is 0 Å². The van der Waals surface area contributed by atoms with E-state index in [1.54, 1.807) is 0 Å². The molecular weight excluding hydrogens is 248 g/mol. The molecule has 1 saturated carbocycles. The summed E-state index contributed by atoms with van der Waals surface area (Å²) in [5.74, 6) is 0.954. The first kappa shape index (κ1) is 14.1. The van der Waals surface area contributed by atoms with Crippen LogP contribution in [0, 0.1) is 12.8 Å². The molecule has 1 aliphatic heterocycles. The maximum Gasteiger partial charge on any atom is 0.0597 e. The molecule has 1 atom stereocenters. The lowest BCUT2D eigenvalue weighted by Crippen LogP contribution is -2.38. The Morgan fingerprint density at radius 1 is 1.35 bits per heavy atom. The average molecular weight is 276 g/mol. The molecule has 1 saturated heterocycles. The first-order valence-corrected chi connectivity index (χ1v) is 8.23. The lowest BCUT2D eigenvalue weighted by molar-refractivity contribution is 0.225. The summed E-state index contributed by atoms with van der Waals surface area (Å²) in [6.07, 6.45) is 5.54. The van der Waals surface area contributed by atoms with Crippen LogP contribution in [-0.4, -0.2) is 40.4 Å². The van der Waals surface area contributed by atoms with Gasteiger partial charge in [0.25, 0.3) is 0 Å². The highest BCUT2D eigenvalue weighted by molar-refractivity contribution is 5.09. The zero-order chi connectivity index (χ0) is 13.9. The molecule has 4 nitrogen and oxygen atoms in total. The summed E-state index contributed by atoms with van der Waals surface area (Å²) >= 11 is 0. The van der Waals surface area contributed by atoms with E-state index in [2.05, 4.69) is 39.9 Å². The van der Waals surface area contributed by atoms with Gasteiger partial charge in [0.15, 0.2) is 0 Å². The molecule has 3 rings (SSSR count). The Morgan fingerprint density at radius 2 is 2.20 bits per heavy atom. The summed E-state index contributed by atoms with van der Waals surface area (Å²) in [4.78, 5) is 2.66. The SMILES string of the molecule is CCn1nc(C)cc1CN(CC1CC1)CC1CCCN1. The zero-order valence-corrected chi connectivity index (χ0v) is 12.9. The number of hydrogen-bond acceptors (Lipinski definition) is 3. The van der Waals surface area contributed by atoms with Crippen LogP contribution >= 0.6 is 0 Å². The molecule has 1 aliphatic carbocycles. The van der Waals surface area contributed by atoms with E-state index >= 15 is 0 Å². The third kappa shape index (κ3) is 3.61. The van der Waals surface area contributed by atoms with Gasteiger partial charge in [0.1, 0.15) is 0 Å². The summed E-state index contributed by atoms with van der Waals surface area (Å²) in [5, 5.41) is 8.22. The number of nitrogens with zero attached hydrogens (tertiary/aromatic N) is 3. The minimum absolute atomic E-state index is 0.702. The van der Waals surface area contributed by atoms with Crippen molar-refractivity contribution in [3.8, 4) is 0 Å². The van der Waals surface area contributed by atoms with Crippen molar-refractivity contribution >= 4 is 0 Å². The van der Waals surface area contributed by atoms with Crippen molar-refractivity contribution in [3.05, 3.63) is 17.5 Å². The highest BCUT2D eigenvalue weighted by Gasteiger charge is 2.27. The maximum absolute atomic E-state index is 4.58. The van der Waals surface area contributed by atoms with Crippen LogP contribution < -0.4 is 5.32 Å². The Balaban J connectivity index is 1.64. The number of rotatable bonds is 7. The van der Waals surface area contributed by atoms with E-state index in [9.17, 15) is 0 Å². The number of aromatic nitrogens is 2. The Labute approximate surface area is 122 Å². The van der Waals surface area contributed by atoms with E-state index in [4.69, 9.17) is 0 Å². The predicted octanol–water partition coefficient (Wildman–Crippen LogP) is 2.18. The second-order valence-corrected chi connectivity index (χ2v) is 6.52. The molecule has 1 aromatic rings. The van der Waals surface area contributed by atoms with Crippen LogP contribution in [0.4, 0.5) is 0 Å². The van der Waals surface area contributed by atoms with Crippen LogP contribution in [0.1, 0.15) is 44.0 Å². The van der Waals surface area contributed by atoms with Crippen LogP contribution in [0.5, 0.6) is 0 Å². The summed E-state index contributed by atoms with van der Waals surface area (Å²) in [6.45, 7) is 9.98. The third-order valence-electron chi connectivity index (χ3n) is 4.52. The fourth-order valence-corrected chi connectivity index (χ4v) is 3.32. The van der Waals surface area contributed by atoms with Gasteiger partial charge >= 0.3 is 0 Å². The molecule has 112 valence electrons. The number of hydrogen-bond donors (Lipinski definition) is 1. The van der Waals surface area contributed by atoms with Crippen molar-refractivity contribution in [2.75, 3.05) is 19.6 Å². The smallest absolute Gasteiger partial charge is 0.0597 e. The lowest BCUT2D eigenvalue weighted by atomic mass is 10.2. The van der Waals surface area contributed by atoms with Crippen molar-refractivity contribution in [2.24, 2.45) is 5.92 Å². The number of aryl methyl sites for hydroxylation is 2. The molecular formula is C16H28N4. The molecule has 4 heteroatoms. The zero-order valence-electron chi connectivity index (χ0n) is 12.9. The van der Waals surface area contributed by atoms with Gasteiger partial charge in [-0.25, -0.2) is 0 Å². The second-order valence-electron chi connectivity index (χ2n) is 6.52. The molecule has 0 radical (unpaired) electrons. The van der Waals surface area contributed by atoms with Crippen molar-refractivity contribution in [2.45, 2.75) is 58.7 Å². The molecule has 2 aliphatic rings. The van der Waals surface area contributed by atoms with E-state index in [0.717, 1.165) is 24.7 Å². The lowest BCUT2D eigenvalue weighted by Gasteiger charge is -2.25. The maximum atomic E-state index is 4.58. The van der Waals surface area contributed by atoms with Crippen LogP contribution in [0.25, 0.3) is 0 Å². The Hall–Kier alpha value is -0.870. The van der Waals surface area contributed by atoms with Crippen molar-refractivity contribution in [3.63, 3.8) is 0 Å². The van der Waals surface area contributed by atoms with E-state index in [1.165, 1.54) is 51.0 Å². The highest BCUT2D eigenvalue weighted by atomic mass is 15.3. The molecule has 1 aromatic heterocycles. The standard InChI is InChI=1S/C16H28N4/c1-3-20-16(9-13(2)18-20)12-19(10-14-6-7-14)11-15-5-4-8-17-15/h9,14-15,17H,3-8,10-12H2,1-2H3. The molecule has 20 heavy (non-hydrogen) atoms. The van der Waals surface area contributed by atoms with Gasteiger partial charge in [0, 0.05) is 32.2 Å². The average Bonchev–Trinajstić information content (AvgIpc) is 2.95. The van der Waals surface area contributed by atoms with Crippen molar-refractivity contribution in [1.82, 2.24) is 20.0 Å². The summed E-state index contributed by atoms with van der Waals surface area (Å²) in [7, 11) is 0. The van der Waals surface area contributed by atoms with Crippen molar-refractivity contribution < 1.29 is 0 Å². The first-order chi connectivity index (χ1) is 9.74. The fourth-order valence-electron chi connectivity index (χ4n) is 3.32. The third-order valence-corrected chi connectivity index (χ3v) is 4.52. The van der Waals surface area contributed by atoms with Crippen LogP contribution in [0.15, 0.2) is 6.07 Å². The predicted molar refractivity (Wildman–Crippen MR) is 81.7 cm³/mol. The van der Waals surface area contributed by atoms with Crippen LogP contribution in [-0.2, 0) is 13.1 Å². The minimum atomic E-state index is 0.702.